The Balaban J connectivity index is 1.76. The van der Waals surface area contributed by atoms with E-state index in [-0.39, 0.29) is 18.0 Å². The topological polar surface area (TPSA) is 111 Å². The number of benzene rings is 1. The number of anilines is 1. The molecular formula is C13H14N4O3S. The molecule has 8 heteroatoms. The van der Waals surface area contributed by atoms with E-state index in [1.165, 1.54) is 23.5 Å². The van der Waals surface area contributed by atoms with Crippen molar-refractivity contribution in [2.75, 3.05) is 12.3 Å². The van der Waals surface area contributed by atoms with Crippen LogP contribution in [0.25, 0.3) is 0 Å². The normalized spacial score (nSPS) is 10.3. The summed E-state index contributed by atoms with van der Waals surface area (Å²) in [5, 5.41) is 15.5. The second-order valence-corrected chi connectivity index (χ2v) is 5.27. The van der Waals surface area contributed by atoms with Crippen molar-refractivity contribution in [2.45, 2.75) is 12.8 Å². The van der Waals surface area contributed by atoms with E-state index in [1.54, 1.807) is 17.5 Å². The van der Waals surface area contributed by atoms with Crippen molar-refractivity contribution < 1.29 is 9.72 Å². The molecule has 2 aromatic rings. The predicted molar refractivity (Wildman–Crippen MR) is 80.0 cm³/mol. The van der Waals surface area contributed by atoms with Crippen LogP contribution in [-0.4, -0.2) is 22.4 Å². The molecule has 0 radical (unpaired) electrons. The van der Waals surface area contributed by atoms with Gasteiger partial charge >= 0.3 is 0 Å². The Morgan fingerprint density at radius 1 is 1.38 bits per heavy atom. The number of amides is 1. The SMILES string of the molecule is Nc1nc(CC(=O)NCCc2ccc([N+](=O)[O-])cc2)cs1. The first kappa shape index (κ1) is 14.9. The Kier molecular flexibility index (Phi) is 4.83. The minimum atomic E-state index is -0.439. The molecule has 1 aromatic heterocycles. The Morgan fingerprint density at radius 3 is 2.67 bits per heavy atom. The van der Waals surface area contributed by atoms with E-state index < -0.39 is 4.92 Å². The number of carbonyl (C=O) groups is 1. The van der Waals surface area contributed by atoms with Gasteiger partial charge in [-0.2, -0.15) is 0 Å². The molecule has 0 unspecified atom stereocenters. The summed E-state index contributed by atoms with van der Waals surface area (Å²) in [7, 11) is 0. The molecule has 0 aliphatic rings. The van der Waals surface area contributed by atoms with Crippen molar-refractivity contribution in [1.82, 2.24) is 10.3 Å². The monoisotopic (exact) mass is 306 g/mol. The first-order valence-electron chi connectivity index (χ1n) is 6.24. The van der Waals surface area contributed by atoms with Gasteiger partial charge in [-0.05, 0) is 12.0 Å². The number of carbonyl (C=O) groups excluding carboxylic acids is 1. The van der Waals surface area contributed by atoms with Crippen LogP contribution in [0.2, 0.25) is 0 Å². The molecule has 0 spiro atoms. The van der Waals surface area contributed by atoms with E-state index in [0.717, 1.165) is 5.56 Å². The largest absolute Gasteiger partial charge is 0.375 e. The fourth-order valence-corrected chi connectivity index (χ4v) is 2.32. The van der Waals surface area contributed by atoms with Gasteiger partial charge in [0.2, 0.25) is 5.91 Å². The minimum absolute atomic E-state index is 0.0592. The highest BCUT2D eigenvalue weighted by Crippen LogP contribution is 2.12. The molecule has 3 N–H and O–H groups in total. The van der Waals surface area contributed by atoms with E-state index in [2.05, 4.69) is 10.3 Å². The Morgan fingerprint density at radius 2 is 2.10 bits per heavy atom. The zero-order valence-electron chi connectivity index (χ0n) is 11.1. The maximum absolute atomic E-state index is 11.7. The lowest BCUT2D eigenvalue weighted by Gasteiger charge is -2.04. The Labute approximate surface area is 125 Å². The summed E-state index contributed by atoms with van der Waals surface area (Å²) in [5.41, 5.74) is 7.14. The highest BCUT2D eigenvalue weighted by atomic mass is 32.1. The highest BCUT2D eigenvalue weighted by molar-refractivity contribution is 7.13. The van der Waals surface area contributed by atoms with Crippen LogP contribution >= 0.6 is 11.3 Å². The molecule has 2 rings (SSSR count). The number of nitrogens with zero attached hydrogens (tertiary/aromatic N) is 2. The van der Waals surface area contributed by atoms with Crippen molar-refractivity contribution in [3.63, 3.8) is 0 Å². The lowest BCUT2D eigenvalue weighted by molar-refractivity contribution is -0.384. The summed E-state index contributed by atoms with van der Waals surface area (Å²) in [4.78, 5) is 25.8. The molecular weight excluding hydrogens is 292 g/mol. The summed E-state index contributed by atoms with van der Waals surface area (Å²) >= 11 is 1.30. The zero-order valence-corrected chi connectivity index (χ0v) is 11.9. The second kappa shape index (κ2) is 6.80. The number of rotatable bonds is 6. The third kappa shape index (κ3) is 4.53. The molecule has 0 aliphatic heterocycles. The number of aromatic nitrogens is 1. The van der Waals surface area contributed by atoms with Crippen molar-refractivity contribution in [1.29, 1.82) is 0 Å². The zero-order chi connectivity index (χ0) is 15.2. The number of non-ortho nitro benzene ring substituents is 1. The number of thiazole rings is 1. The molecule has 1 aromatic carbocycles. The Bertz CT molecular complexity index is 639. The number of hydrogen-bond donors (Lipinski definition) is 2. The van der Waals surface area contributed by atoms with Gasteiger partial charge < -0.3 is 11.1 Å². The summed E-state index contributed by atoms with van der Waals surface area (Å²) in [6.45, 7) is 0.469. The molecule has 1 heterocycles. The van der Waals surface area contributed by atoms with Gasteiger partial charge in [0.15, 0.2) is 5.13 Å². The molecule has 0 saturated carbocycles. The molecule has 0 saturated heterocycles. The number of nitro benzene ring substituents is 1. The number of hydrogen-bond acceptors (Lipinski definition) is 6. The number of nitrogens with one attached hydrogen (secondary N) is 1. The van der Waals surface area contributed by atoms with Crippen LogP contribution in [0.4, 0.5) is 10.8 Å². The van der Waals surface area contributed by atoms with Gasteiger partial charge in [-0.25, -0.2) is 4.98 Å². The quantitative estimate of drug-likeness (QED) is 0.621. The summed E-state index contributed by atoms with van der Waals surface area (Å²) in [6.07, 6.45) is 0.816. The van der Waals surface area contributed by atoms with Crippen molar-refractivity contribution in [2.24, 2.45) is 0 Å². The van der Waals surface area contributed by atoms with Crippen molar-refractivity contribution in [3.8, 4) is 0 Å². The van der Waals surface area contributed by atoms with Crippen molar-refractivity contribution >= 4 is 28.1 Å². The van der Waals surface area contributed by atoms with Gasteiger partial charge in [0.1, 0.15) is 0 Å². The van der Waals surface area contributed by atoms with Gasteiger partial charge in [0, 0.05) is 24.1 Å². The molecule has 0 fully saturated rings. The smallest absolute Gasteiger partial charge is 0.269 e. The number of nitrogen functional groups attached to an aromatic ring is 1. The number of nitrogens with two attached hydrogens (primary N) is 1. The molecule has 1 amide bonds. The summed E-state index contributed by atoms with van der Waals surface area (Å²) in [6, 6.07) is 6.28. The lowest BCUT2D eigenvalue weighted by Crippen LogP contribution is -2.27. The van der Waals surface area contributed by atoms with Crippen molar-refractivity contribution in [3.05, 3.63) is 51.0 Å². The maximum Gasteiger partial charge on any atom is 0.269 e. The molecule has 110 valence electrons. The highest BCUT2D eigenvalue weighted by Gasteiger charge is 2.07. The van der Waals surface area contributed by atoms with Gasteiger partial charge in [-0.15, -0.1) is 11.3 Å². The van der Waals surface area contributed by atoms with Crippen LogP contribution < -0.4 is 11.1 Å². The standard InChI is InChI=1S/C13H14N4O3S/c14-13-16-10(8-21-13)7-12(18)15-6-5-9-1-3-11(4-2-9)17(19)20/h1-4,8H,5-7H2,(H2,14,16)(H,15,18). The van der Waals surface area contributed by atoms with Gasteiger partial charge in [-0.1, -0.05) is 12.1 Å². The molecule has 0 bridgehead atoms. The fourth-order valence-electron chi connectivity index (χ4n) is 1.76. The van der Waals surface area contributed by atoms with Crippen LogP contribution in [0, 0.1) is 10.1 Å². The predicted octanol–water partition coefficient (Wildman–Crippen LogP) is 1.53. The summed E-state index contributed by atoms with van der Waals surface area (Å²) < 4.78 is 0. The third-order valence-corrected chi connectivity index (χ3v) is 3.52. The van der Waals surface area contributed by atoms with Gasteiger partial charge in [0.05, 0.1) is 17.0 Å². The molecule has 0 aliphatic carbocycles. The molecule has 21 heavy (non-hydrogen) atoms. The van der Waals surface area contributed by atoms with Crippen LogP contribution in [0.15, 0.2) is 29.6 Å². The van der Waals surface area contributed by atoms with E-state index in [0.29, 0.717) is 23.8 Å². The summed E-state index contributed by atoms with van der Waals surface area (Å²) in [5.74, 6) is -0.123. The van der Waals surface area contributed by atoms with Crippen LogP contribution in [0.3, 0.4) is 0 Å². The first-order chi connectivity index (χ1) is 10.0. The van der Waals surface area contributed by atoms with E-state index in [1.807, 2.05) is 0 Å². The van der Waals surface area contributed by atoms with E-state index in [9.17, 15) is 14.9 Å². The lowest BCUT2D eigenvalue weighted by atomic mass is 10.1. The average Bonchev–Trinajstić information content (AvgIpc) is 2.84. The molecule has 7 nitrogen and oxygen atoms in total. The van der Waals surface area contributed by atoms with Gasteiger partial charge in [-0.3, -0.25) is 14.9 Å². The van der Waals surface area contributed by atoms with Gasteiger partial charge in [0.25, 0.3) is 5.69 Å². The average molecular weight is 306 g/mol. The number of nitro groups is 1. The third-order valence-electron chi connectivity index (χ3n) is 2.79. The first-order valence-corrected chi connectivity index (χ1v) is 7.12. The Hall–Kier alpha value is -2.48. The van der Waals surface area contributed by atoms with Crippen LogP contribution in [0.1, 0.15) is 11.3 Å². The molecule has 0 atom stereocenters. The maximum atomic E-state index is 11.7. The van der Waals surface area contributed by atoms with E-state index in [4.69, 9.17) is 5.73 Å². The second-order valence-electron chi connectivity index (χ2n) is 4.38. The van der Waals surface area contributed by atoms with Crippen LogP contribution in [0.5, 0.6) is 0 Å². The minimum Gasteiger partial charge on any atom is -0.375 e. The van der Waals surface area contributed by atoms with E-state index >= 15 is 0 Å². The van der Waals surface area contributed by atoms with Crippen LogP contribution in [-0.2, 0) is 17.6 Å². The fraction of sp³-hybridized carbons (Fsp3) is 0.231.